The molecule has 1 aromatic heterocycles. The van der Waals surface area contributed by atoms with E-state index in [1.54, 1.807) is 6.07 Å². The lowest BCUT2D eigenvalue weighted by Gasteiger charge is -2.22. The second-order valence-electron chi connectivity index (χ2n) is 13.2. The van der Waals surface area contributed by atoms with Crippen molar-refractivity contribution in [3.05, 3.63) is 22.2 Å². The molecular formula is C36H63N5O6. The van der Waals surface area contributed by atoms with Crippen LogP contribution in [0.2, 0.25) is 0 Å². The summed E-state index contributed by atoms with van der Waals surface area (Å²) in [7, 11) is 0. The molecule has 0 saturated carbocycles. The summed E-state index contributed by atoms with van der Waals surface area (Å²) in [6.45, 7) is 2.77. The van der Waals surface area contributed by atoms with Gasteiger partial charge in [0.2, 0.25) is 11.4 Å². The van der Waals surface area contributed by atoms with Gasteiger partial charge in [-0.1, -0.05) is 135 Å². The number of nitrogens with zero attached hydrogens (tertiary/aromatic N) is 3. The van der Waals surface area contributed by atoms with E-state index in [1.807, 2.05) is 0 Å². The Kier molecular flexibility index (Phi) is 22.5. The molecule has 2 atom stereocenters. The standard InChI is InChI=1S/C36H63N5O6/c1-2-3-4-5-6-7-8-9-10-12-15-18-21-24-33(43)31(29-42)38-34(44)25-22-19-16-13-11-14-17-20-23-28-37-30-26-27-32(41(45)46)36-35(30)39-47-40-36/h26-27,31,33,37,42-43H,2-25,28-29H2,1H3,(H,38,44)/t31-,33-/m0/s1. The Balaban J connectivity index is 1.38. The van der Waals surface area contributed by atoms with Gasteiger partial charge >= 0.3 is 5.69 Å². The van der Waals surface area contributed by atoms with Crippen LogP contribution in [0.5, 0.6) is 0 Å². The number of benzene rings is 1. The molecule has 1 heterocycles. The minimum absolute atomic E-state index is 0.0867. The summed E-state index contributed by atoms with van der Waals surface area (Å²) in [4.78, 5) is 23.0. The third kappa shape index (κ3) is 17.8. The molecular weight excluding hydrogens is 598 g/mol. The normalized spacial score (nSPS) is 12.7. The van der Waals surface area contributed by atoms with Crippen LogP contribution in [0.25, 0.3) is 11.0 Å². The van der Waals surface area contributed by atoms with E-state index in [-0.39, 0.29) is 23.7 Å². The number of nitro groups is 1. The lowest BCUT2D eigenvalue weighted by atomic mass is 10.0. The first kappa shape index (κ1) is 40.4. The highest BCUT2D eigenvalue weighted by Crippen LogP contribution is 2.28. The fraction of sp³-hybridized carbons (Fsp3) is 0.806. The number of aliphatic hydroxyl groups excluding tert-OH is 2. The minimum Gasteiger partial charge on any atom is -0.394 e. The first-order valence-electron chi connectivity index (χ1n) is 18.7. The second-order valence-corrected chi connectivity index (χ2v) is 13.2. The third-order valence-electron chi connectivity index (χ3n) is 9.10. The minimum atomic E-state index is -0.698. The zero-order chi connectivity index (χ0) is 34.0. The molecule has 0 aliphatic carbocycles. The number of anilines is 1. The van der Waals surface area contributed by atoms with Crippen molar-refractivity contribution in [2.45, 2.75) is 173 Å². The van der Waals surface area contributed by atoms with Crippen molar-refractivity contribution in [1.29, 1.82) is 0 Å². The Hall–Kier alpha value is -2.79. The summed E-state index contributed by atoms with van der Waals surface area (Å²) in [5.74, 6) is -0.0867. The average molecular weight is 662 g/mol. The average Bonchev–Trinajstić information content (AvgIpc) is 3.56. The van der Waals surface area contributed by atoms with Crippen LogP contribution in [0.1, 0.15) is 161 Å². The summed E-state index contributed by atoms with van der Waals surface area (Å²) in [6.07, 6.45) is 26.7. The Bertz CT molecular complexity index is 1100. The summed E-state index contributed by atoms with van der Waals surface area (Å²) in [5.41, 5.74) is 1.11. The SMILES string of the molecule is CCCCCCCCCCCCCCC[C@H](O)[C@H](CO)NC(=O)CCCCCCCCCCCNc1ccc([N+](=O)[O-])c2nonc12. The molecule has 47 heavy (non-hydrogen) atoms. The zero-order valence-electron chi connectivity index (χ0n) is 29.1. The Labute approximate surface area is 282 Å². The van der Waals surface area contributed by atoms with E-state index in [0.29, 0.717) is 24.0 Å². The van der Waals surface area contributed by atoms with E-state index in [1.165, 1.54) is 89.5 Å². The molecule has 2 aromatic rings. The van der Waals surface area contributed by atoms with Gasteiger partial charge in [0.25, 0.3) is 0 Å². The van der Waals surface area contributed by atoms with Crippen molar-refractivity contribution in [3.63, 3.8) is 0 Å². The topological polar surface area (TPSA) is 164 Å². The molecule has 2 rings (SSSR count). The zero-order valence-corrected chi connectivity index (χ0v) is 29.1. The number of hydrogen-bond donors (Lipinski definition) is 4. The van der Waals surface area contributed by atoms with Crippen molar-refractivity contribution < 1.29 is 24.6 Å². The van der Waals surface area contributed by atoms with Gasteiger partial charge in [-0.15, -0.1) is 0 Å². The van der Waals surface area contributed by atoms with Crippen molar-refractivity contribution in [2.75, 3.05) is 18.5 Å². The summed E-state index contributed by atoms with van der Waals surface area (Å²) < 4.78 is 4.70. The van der Waals surface area contributed by atoms with Gasteiger partial charge in [-0.3, -0.25) is 14.9 Å². The fourth-order valence-electron chi connectivity index (χ4n) is 6.13. The van der Waals surface area contributed by atoms with Gasteiger partial charge in [-0.2, -0.15) is 0 Å². The molecule has 0 radical (unpaired) electrons. The summed E-state index contributed by atoms with van der Waals surface area (Å²) >= 11 is 0. The number of unbranched alkanes of at least 4 members (excludes halogenated alkanes) is 20. The van der Waals surface area contributed by atoms with Gasteiger partial charge in [-0.25, -0.2) is 4.63 Å². The van der Waals surface area contributed by atoms with Crippen molar-refractivity contribution >= 4 is 28.3 Å². The number of aliphatic hydroxyl groups is 2. The first-order valence-corrected chi connectivity index (χ1v) is 18.7. The number of carbonyl (C=O) groups excluding carboxylic acids is 1. The van der Waals surface area contributed by atoms with E-state index in [9.17, 15) is 25.1 Å². The molecule has 0 aliphatic heterocycles. The maximum atomic E-state index is 12.4. The monoisotopic (exact) mass is 661 g/mol. The molecule has 0 saturated heterocycles. The smallest absolute Gasteiger partial charge is 0.300 e. The number of nitrogens with one attached hydrogen (secondary N) is 2. The van der Waals surface area contributed by atoms with Crippen LogP contribution in [0.4, 0.5) is 11.4 Å². The molecule has 268 valence electrons. The molecule has 0 aliphatic rings. The Morgan fingerprint density at radius 1 is 0.787 bits per heavy atom. The second kappa shape index (κ2) is 26.2. The number of fused-ring (bicyclic) bond motifs is 1. The summed E-state index contributed by atoms with van der Waals surface area (Å²) in [6, 6.07) is 2.48. The number of amides is 1. The van der Waals surface area contributed by atoms with Crippen LogP contribution in [0.3, 0.4) is 0 Å². The lowest BCUT2D eigenvalue weighted by Crippen LogP contribution is -2.45. The number of carbonyl (C=O) groups is 1. The molecule has 11 nitrogen and oxygen atoms in total. The van der Waals surface area contributed by atoms with Crippen molar-refractivity contribution in [3.8, 4) is 0 Å². The molecule has 0 unspecified atom stereocenters. The highest BCUT2D eigenvalue weighted by molar-refractivity contribution is 5.93. The van der Waals surface area contributed by atoms with Crippen molar-refractivity contribution in [1.82, 2.24) is 15.6 Å². The predicted octanol–water partition coefficient (Wildman–Crippen LogP) is 8.76. The maximum absolute atomic E-state index is 12.4. The molecule has 1 aromatic carbocycles. The molecule has 0 fully saturated rings. The highest BCUT2D eigenvalue weighted by atomic mass is 16.6. The lowest BCUT2D eigenvalue weighted by molar-refractivity contribution is -0.383. The number of aromatic nitrogens is 2. The van der Waals surface area contributed by atoms with E-state index >= 15 is 0 Å². The van der Waals surface area contributed by atoms with Gasteiger partial charge in [0.1, 0.15) is 0 Å². The van der Waals surface area contributed by atoms with Gasteiger partial charge < -0.3 is 20.8 Å². The summed E-state index contributed by atoms with van der Waals surface area (Å²) in [5, 5.41) is 44.9. The van der Waals surface area contributed by atoms with Gasteiger partial charge in [-0.05, 0) is 35.6 Å². The molecule has 0 spiro atoms. The number of hydrogen-bond acceptors (Lipinski definition) is 9. The van der Waals surface area contributed by atoms with E-state index in [4.69, 9.17) is 4.63 Å². The van der Waals surface area contributed by atoms with E-state index in [0.717, 1.165) is 64.3 Å². The Morgan fingerprint density at radius 2 is 1.30 bits per heavy atom. The molecule has 0 bridgehead atoms. The van der Waals surface area contributed by atoms with Crippen LogP contribution < -0.4 is 10.6 Å². The van der Waals surface area contributed by atoms with Crippen LogP contribution in [-0.2, 0) is 4.79 Å². The van der Waals surface area contributed by atoms with Crippen LogP contribution in [-0.4, -0.2) is 56.7 Å². The highest BCUT2D eigenvalue weighted by Gasteiger charge is 2.20. The quantitative estimate of drug-likeness (QED) is 0.0351. The van der Waals surface area contributed by atoms with E-state index < -0.39 is 17.1 Å². The predicted molar refractivity (Wildman–Crippen MR) is 188 cm³/mol. The van der Waals surface area contributed by atoms with E-state index in [2.05, 4.69) is 27.9 Å². The number of non-ortho nitro benzene ring substituents is 1. The molecule has 1 amide bonds. The third-order valence-corrected chi connectivity index (χ3v) is 9.10. The van der Waals surface area contributed by atoms with Crippen molar-refractivity contribution in [2.24, 2.45) is 0 Å². The fourth-order valence-corrected chi connectivity index (χ4v) is 6.13. The Morgan fingerprint density at radius 3 is 1.85 bits per heavy atom. The first-order chi connectivity index (χ1) is 23.0. The number of rotatable bonds is 31. The maximum Gasteiger partial charge on any atom is 0.300 e. The van der Waals surface area contributed by atoms with Crippen LogP contribution in [0.15, 0.2) is 16.8 Å². The molecule has 4 N–H and O–H groups in total. The number of nitro benzene ring substituents is 1. The van der Waals surface area contributed by atoms with Gasteiger partial charge in [0, 0.05) is 19.0 Å². The molecule has 11 heteroatoms. The van der Waals surface area contributed by atoms with Gasteiger partial charge in [0.15, 0.2) is 5.52 Å². The van der Waals surface area contributed by atoms with Gasteiger partial charge in [0.05, 0.1) is 29.4 Å². The van der Waals surface area contributed by atoms with Crippen LogP contribution >= 0.6 is 0 Å². The largest absolute Gasteiger partial charge is 0.394 e. The van der Waals surface area contributed by atoms with Crippen LogP contribution in [0, 0.1) is 10.1 Å².